The quantitative estimate of drug-likeness (QED) is 0.796. The lowest BCUT2D eigenvalue weighted by Crippen LogP contribution is -2.36. The van der Waals surface area contributed by atoms with Gasteiger partial charge in [-0.2, -0.15) is 0 Å². The van der Waals surface area contributed by atoms with Crippen LogP contribution in [0.3, 0.4) is 0 Å². The number of ether oxygens (including phenoxy) is 1. The number of rotatable bonds is 5. The predicted molar refractivity (Wildman–Crippen MR) is 101 cm³/mol. The fraction of sp³-hybridized carbons (Fsp3) is 0.100. The standard InChI is InChI=1S/C20H17ClN2O3/c21-16-7-8-17-15(11-16)10-13(12-26-17)6-9-18(24)23-19(20(22)25)14-4-2-1-3-5-14/h1-11,19H,12H2,(H2,22,25)(H,23,24)/b9-6+. The van der Waals surface area contributed by atoms with E-state index in [9.17, 15) is 9.59 Å². The molecule has 1 atom stereocenters. The zero-order valence-corrected chi connectivity index (χ0v) is 14.6. The van der Waals surface area contributed by atoms with E-state index in [0.29, 0.717) is 17.2 Å². The number of nitrogens with two attached hydrogens (primary N) is 1. The topological polar surface area (TPSA) is 81.4 Å². The molecule has 132 valence electrons. The van der Waals surface area contributed by atoms with Crippen LogP contribution in [-0.4, -0.2) is 18.4 Å². The maximum Gasteiger partial charge on any atom is 0.244 e. The van der Waals surface area contributed by atoms with E-state index < -0.39 is 17.9 Å². The molecule has 6 heteroatoms. The average Bonchev–Trinajstić information content (AvgIpc) is 2.64. The minimum Gasteiger partial charge on any atom is -0.488 e. The van der Waals surface area contributed by atoms with Crippen molar-refractivity contribution in [2.24, 2.45) is 5.73 Å². The number of primary amides is 1. The smallest absolute Gasteiger partial charge is 0.244 e. The molecule has 0 aliphatic carbocycles. The second-order valence-electron chi connectivity index (χ2n) is 5.78. The van der Waals surface area contributed by atoms with Crippen molar-refractivity contribution < 1.29 is 14.3 Å². The van der Waals surface area contributed by atoms with Gasteiger partial charge >= 0.3 is 0 Å². The number of halogens is 1. The molecular formula is C20H17ClN2O3. The SMILES string of the molecule is NC(=O)C(NC(=O)/C=C/C1=Cc2cc(Cl)ccc2OC1)c1ccccc1. The number of hydrogen-bond donors (Lipinski definition) is 2. The van der Waals surface area contributed by atoms with Crippen molar-refractivity contribution >= 4 is 29.5 Å². The van der Waals surface area contributed by atoms with E-state index in [1.54, 1.807) is 48.5 Å². The van der Waals surface area contributed by atoms with Gasteiger partial charge in [0.1, 0.15) is 18.4 Å². The molecule has 2 aromatic carbocycles. The van der Waals surface area contributed by atoms with Gasteiger partial charge in [-0.25, -0.2) is 0 Å². The molecule has 0 saturated heterocycles. The van der Waals surface area contributed by atoms with E-state index in [-0.39, 0.29) is 0 Å². The van der Waals surface area contributed by atoms with Gasteiger partial charge in [-0.1, -0.05) is 48.0 Å². The first-order chi connectivity index (χ1) is 12.5. The molecule has 5 nitrogen and oxygen atoms in total. The van der Waals surface area contributed by atoms with Gasteiger partial charge in [0, 0.05) is 16.7 Å². The van der Waals surface area contributed by atoms with Crippen molar-refractivity contribution in [2.75, 3.05) is 6.61 Å². The second kappa shape index (κ2) is 7.89. The summed E-state index contributed by atoms with van der Waals surface area (Å²) in [7, 11) is 0. The summed E-state index contributed by atoms with van der Waals surface area (Å²) in [6.07, 6.45) is 4.89. The molecule has 2 aromatic rings. The molecule has 2 amide bonds. The Morgan fingerprint density at radius 2 is 1.96 bits per heavy atom. The minimum atomic E-state index is -0.885. The molecule has 0 aromatic heterocycles. The summed E-state index contributed by atoms with van der Waals surface area (Å²) in [5.74, 6) is -0.300. The molecule has 0 fully saturated rings. The summed E-state index contributed by atoms with van der Waals surface area (Å²) in [4.78, 5) is 23.8. The molecule has 1 unspecified atom stereocenters. The highest BCUT2D eigenvalue weighted by Crippen LogP contribution is 2.29. The second-order valence-corrected chi connectivity index (χ2v) is 6.21. The molecule has 26 heavy (non-hydrogen) atoms. The maximum absolute atomic E-state index is 12.2. The van der Waals surface area contributed by atoms with E-state index in [0.717, 1.165) is 16.9 Å². The van der Waals surface area contributed by atoms with E-state index in [2.05, 4.69) is 5.32 Å². The molecule has 1 heterocycles. The van der Waals surface area contributed by atoms with Gasteiger partial charge in [0.05, 0.1) is 0 Å². The summed E-state index contributed by atoms with van der Waals surface area (Å²) in [6.45, 7) is 0.344. The van der Waals surface area contributed by atoms with Crippen molar-refractivity contribution in [3.8, 4) is 5.75 Å². The van der Waals surface area contributed by atoms with Crippen LogP contribution in [-0.2, 0) is 9.59 Å². The van der Waals surface area contributed by atoms with E-state index in [1.165, 1.54) is 6.08 Å². The summed E-state index contributed by atoms with van der Waals surface area (Å²) >= 11 is 5.99. The van der Waals surface area contributed by atoms with Crippen LogP contribution < -0.4 is 15.8 Å². The van der Waals surface area contributed by atoms with Crippen LogP contribution in [0.5, 0.6) is 5.75 Å². The lowest BCUT2D eigenvalue weighted by molar-refractivity contribution is -0.125. The Morgan fingerprint density at radius 1 is 1.19 bits per heavy atom. The monoisotopic (exact) mass is 368 g/mol. The van der Waals surface area contributed by atoms with Gasteiger partial charge in [0.15, 0.2) is 0 Å². The summed E-state index contributed by atoms with van der Waals surface area (Å²) < 4.78 is 5.63. The number of hydrogen-bond acceptors (Lipinski definition) is 3. The van der Waals surface area contributed by atoms with Crippen LogP contribution >= 0.6 is 11.6 Å². The molecular weight excluding hydrogens is 352 g/mol. The Bertz CT molecular complexity index is 891. The summed E-state index contributed by atoms with van der Waals surface area (Å²) in [6, 6.07) is 13.3. The van der Waals surface area contributed by atoms with Crippen molar-refractivity contribution in [1.82, 2.24) is 5.32 Å². The third kappa shape index (κ3) is 4.32. The van der Waals surface area contributed by atoms with Crippen LogP contribution in [0.1, 0.15) is 17.2 Å². The fourth-order valence-electron chi connectivity index (χ4n) is 2.60. The number of carbonyl (C=O) groups is 2. The van der Waals surface area contributed by atoms with Crippen molar-refractivity contribution in [3.05, 3.63) is 82.4 Å². The average molecular weight is 369 g/mol. The number of benzene rings is 2. The Labute approximate surface area is 156 Å². The Balaban J connectivity index is 1.70. The Hall–Kier alpha value is -3.05. The molecule has 3 rings (SSSR count). The largest absolute Gasteiger partial charge is 0.488 e. The molecule has 0 saturated carbocycles. The normalized spacial score (nSPS) is 14.1. The van der Waals surface area contributed by atoms with Crippen molar-refractivity contribution in [2.45, 2.75) is 6.04 Å². The van der Waals surface area contributed by atoms with Gasteiger partial charge < -0.3 is 15.8 Å². The molecule has 0 spiro atoms. The maximum atomic E-state index is 12.2. The molecule has 1 aliphatic rings. The number of carbonyl (C=O) groups excluding carboxylic acids is 2. The van der Waals surface area contributed by atoms with E-state index in [4.69, 9.17) is 22.1 Å². The van der Waals surface area contributed by atoms with Gasteiger partial charge in [-0.15, -0.1) is 0 Å². The minimum absolute atomic E-state index is 0.344. The van der Waals surface area contributed by atoms with E-state index >= 15 is 0 Å². The van der Waals surface area contributed by atoms with Gasteiger partial charge in [0.25, 0.3) is 0 Å². The fourth-order valence-corrected chi connectivity index (χ4v) is 2.78. The third-order valence-electron chi connectivity index (χ3n) is 3.86. The Morgan fingerprint density at radius 3 is 2.69 bits per heavy atom. The van der Waals surface area contributed by atoms with Crippen molar-refractivity contribution in [3.63, 3.8) is 0 Å². The van der Waals surface area contributed by atoms with Gasteiger partial charge in [-0.05, 0) is 35.4 Å². The molecule has 0 bridgehead atoms. The molecule has 1 aliphatic heterocycles. The highest BCUT2D eigenvalue weighted by Gasteiger charge is 2.19. The lowest BCUT2D eigenvalue weighted by atomic mass is 10.1. The Kier molecular flexibility index (Phi) is 5.39. The van der Waals surface area contributed by atoms with Crippen LogP contribution in [0.4, 0.5) is 0 Å². The van der Waals surface area contributed by atoms with Crippen LogP contribution in [0.2, 0.25) is 5.02 Å². The van der Waals surface area contributed by atoms with Gasteiger partial charge in [-0.3, -0.25) is 9.59 Å². The summed E-state index contributed by atoms with van der Waals surface area (Å²) in [5, 5.41) is 3.22. The van der Waals surface area contributed by atoms with Crippen molar-refractivity contribution in [1.29, 1.82) is 0 Å². The third-order valence-corrected chi connectivity index (χ3v) is 4.09. The zero-order valence-electron chi connectivity index (χ0n) is 13.8. The molecule has 3 N–H and O–H groups in total. The van der Waals surface area contributed by atoms with E-state index in [1.807, 2.05) is 12.1 Å². The first kappa shape index (κ1) is 17.8. The first-order valence-electron chi connectivity index (χ1n) is 7.99. The van der Waals surface area contributed by atoms with Crippen LogP contribution in [0.25, 0.3) is 6.08 Å². The number of amides is 2. The first-order valence-corrected chi connectivity index (χ1v) is 8.36. The molecule has 0 radical (unpaired) electrons. The zero-order chi connectivity index (χ0) is 18.5. The van der Waals surface area contributed by atoms with Crippen LogP contribution in [0, 0.1) is 0 Å². The lowest BCUT2D eigenvalue weighted by Gasteiger charge is -2.16. The van der Waals surface area contributed by atoms with Gasteiger partial charge in [0.2, 0.25) is 11.8 Å². The predicted octanol–water partition coefficient (Wildman–Crippen LogP) is 3.01. The highest BCUT2D eigenvalue weighted by atomic mass is 35.5. The summed E-state index contributed by atoms with van der Waals surface area (Å²) in [5.41, 5.74) is 7.69. The highest BCUT2D eigenvalue weighted by molar-refractivity contribution is 6.30. The number of fused-ring (bicyclic) bond motifs is 1. The van der Waals surface area contributed by atoms with Crippen LogP contribution in [0.15, 0.2) is 66.3 Å². The number of nitrogens with one attached hydrogen (secondary N) is 1.